The van der Waals surface area contributed by atoms with Gasteiger partial charge in [0, 0.05) is 0 Å². The Kier molecular flexibility index (Phi) is 6.73. The van der Waals surface area contributed by atoms with E-state index in [9.17, 15) is 4.79 Å². The monoisotopic (exact) mass is 208 g/mol. The molecule has 0 aromatic rings. The molecular weight excluding hydrogens is 192 g/mol. The van der Waals surface area contributed by atoms with Gasteiger partial charge in [0.05, 0.1) is 0 Å². The summed E-state index contributed by atoms with van der Waals surface area (Å²) in [6.07, 6.45) is 1.98. The highest BCUT2D eigenvalue weighted by Crippen LogP contribution is 1.99. The first-order valence-corrected chi connectivity index (χ1v) is 5.60. The molecule has 0 aliphatic rings. The Labute approximate surface area is 78.5 Å². The van der Waals surface area contributed by atoms with E-state index in [4.69, 9.17) is 21.1 Å². The first-order chi connectivity index (χ1) is 6.07. The molecule has 0 fully saturated rings. The molecule has 0 rings (SSSR count). The van der Waals surface area contributed by atoms with E-state index in [-0.39, 0.29) is 0 Å². The summed E-state index contributed by atoms with van der Waals surface area (Å²) >= 11 is 0. The second-order valence-corrected chi connectivity index (χ2v) is 3.54. The van der Waals surface area contributed by atoms with Crippen molar-refractivity contribution >= 4 is 15.5 Å². The van der Waals surface area contributed by atoms with Crippen LogP contribution in [-0.4, -0.2) is 37.7 Å². The Bertz CT molecular complexity index is 156. The van der Waals surface area contributed by atoms with Gasteiger partial charge in [-0.1, -0.05) is 6.42 Å². The van der Waals surface area contributed by atoms with Crippen LogP contribution in [0.3, 0.4) is 0 Å². The molecule has 6 N–H and O–H groups in total. The number of carbonyl (C=O) groups excluding carboxylic acids is 1. The smallest absolute Gasteiger partial charge is 0.475 e. The third-order valence-corrected chi connectivity index (χ3v) is 1.94. The van der Waals surface area contributed by atoms with Gasteiger partial charge in [-0.2, -0.15) is 0 Å². The lowest BCUT2D eigenvalue weighted by molar-refractivity contribution is -0.138. The van der Waals surface area contributed by atoms with Crippen molar-refractivity contribution in [3.63, 3.8) is 0 Å². The molecule has 0 bridgehead atoms. The van der Waals surface area contributed by atoms with E-state index in [0.29, 0.717) is 13.0 Å². The fraction of sp³-hybridized carbons (Fsp3) is 0.833. The van der Waals surface area contributed by atoms with Crippen molar-refractivity contribution in [3.8, 4) is 0 Å². The van der Waals surface area contributed by atoms with Gasteiger partial charge >= 0.3 is 15.5 Å². The Morgan fingerprint density at radius 2 is 2.08 bits per heavy atom. The van der Waals surface area contributed by atoms with Gasteiger partial charge in [-0.3, -0.25) is 4.79 Å². The van der Waals surface area contributed by atoms with E-state index in [1.165, 1.54) is 0 Å². The molecule has 6 nitrogen and oxygen atoms in total. The summed E-state index contributed by atoms with van der Waals surface area (Å²) in [4.78, 5) is 27.7. The zero-order valence-corrected chi connectivity index (χ0v) is 8.50. The van der Waals surface area contributed by atoms with E-state index in [0.717, 1.165) is 12.8 Å². The zero-order chi connectivity index (χ0) is 10.3. The van der Waals surface area contributed by atoms with Crippen LogP contribution >= 0.6 is 0 Å². The van der Waals surface area contributed by atoms with Crippen LogP contribution in [0.4, 0.5) is 0 Å². The Balaban J connectivity index is 3.57. The molecule has 0 aliphatic carbocycles. The summed E-state index contributed by atoms with van der Waals surface area (Å²) in [5, 5.41) is 0. The van der Waals surface area contributed by atoms with Crippen LogP contribution in [0.5, 0.6) is 0 Å². The lowest BCUT2D eigenvalue weighted by atomic mass is 10.1. The third kappa shape index (κ3) is 6.67. The van der Waals surface area contributed by atoms with E-state index < -0.39 is 21.5 Å². The minimum Gasteiger partial charge on any atom is -0.475 e. The van der Waals surface area contributed by atoms with Crippen molar-refractivity contribution in [1.29, 1.82) is 0 Å². The standard InChI is InChI=1S/C6H16N2O4Si/c7-4-2-1-3-5(8)6(9)12-13(10)11/h5,10-11,13H,1-4,7-8H2/t5-/m0/s1. The van der Waals surface area contributed by atoms with Crippen LogP contribution in [0, 0.1) is 0 Å². The molecule has 0 aliphatic heterocycles. The third-order valence-electron chi connectivity index (χ3n) is 1.49. The van der Waals surface area contributed by atoms with Crippen molar-refractivity contribution in [2.75, 3.05) is 6.54 Å². The van der Waals surface area contributed by atoms with Crippen LogP contribution < -0.4 is 11.5 Å². The largest absolute Gasteiger partial charge is 0.546 e. The molecule has 0 aromatic heterocycles. The number of carbonyl (C=O) groups is 1. The molecule has 7 heteroatoms. The van der Waals surface area contributed by atoms with Gasteiger partial charge in [0.15, 0.2) is 0 Å². The van der Waals surface area contributed by atoms with Crippen molar-refractivity contribution in [2.24, 2.45) is 11.5 Å². The fourth-order valence-electron chi connectivity index (χ4n) is 0.818. The lowest BCUT2D eigenvalue weighted by Crippen LogP contribution is -2.36. The first kappa shape index (κ1) is 12.5. The highest BCUT2D eigenvalue weighted by Gasteiger charge is 2.18. The Hall–Kier alpha value is -0.473. The van der Waals surface area contributed by atoms with Crippen LogP contribution in [-0.2, 0) is 9.22 Å². The predicted molar refractivity (Wildman–Crippen MR) is 48.6 cm³/mol. The molecule has 1 atom stereocenters. The van der Waals surface area contributed by atoms with Crippen molar-refractivity contribution in [2.45, 2.75) is 25.3 Å². The number of rotatable bonds is 6. The average Bonchev–Trinajstić information content (AvgIpc) is 2.03. The Morgan fingerprint density at radius 1 is 1.46 bits per heavy atom. The molecule has 0 aromatic carbocycles. The van der Waals surface area contributed by atoms with E-state index in [2.05, 4.69) is 4.43 Å². The SMILES string of the molecule is NCCCC[C@H](N)C(=O)O[SiH](O)O. The summed E-state index contributed by atoms with van der Waals surface area (Å²) in [5.74, 6) is -0.751. The lowest BCUT2D eigenvalue weighted by Gasteiger charge is -2.11. The molecule has 78 valence electrons. The number of hydrogen-bond acceptors (Lipinski definition) is 6. The summed E-state index contributed by atoms with van der Waals surface area (Å²) in [7, 11) is -3.28. The minimum atomic E-state index is -3.28. The molecule has 0 unspecified atom stereocenters. The van der Waals surface area contributed by atoms with E-state index >= 15 is 0 Å². The van der Waals surface area contributed by atoms with Gasteiger partial charge in [-0.05, 0) is 19.4 Å². The summed E-state index contributed by atoms with van der Waals surface area (Å²) in [6, 6.07) is -0.777. The van der Waals surface area contributed by atoms with Crippen LogP contribution in [0.2, 0.25) is 0 Å². The summed E-state index contributed by atoms with van der Waals surface area (Å²) in [6.45, 7) is 0.555. The molecule has 0 saturated carbocycles. The van der Waals surface area contributed by atoms with Crippen LogP contribution in [0.15, 0.2) is 0 Å². The van der Waals surface area contributed by atoms with Crippen molar-refractivity contribution in [3.05, 3.63) is 0 Å². The maximum Gasteiger partial charge on any atom is 0.546 e. The van der Waals surface area contributed by atoms with Gasteiger partial charge in [0.1, 0.15) is 6.04 Å². The van der Waals surface area contributed by atoms with Gasteiger partial charge < -0.3 is 25.5 Å². The molecule has 0 saturated heterocycles. The maximum absolute atomic E-state index is 10.9. The molecule has 13 heavy (non-hydrogen) atoms. The minimum absolute atomic E-state index is 0.456. The maximum atomic E-state index is 10.9. The molecular formula is C6H16N2O4Si. The molecule has 0 amide bonds. The van der Waals surface area contributed by atoms with Gasteiger partial charge in [0.25, 0.3) is 0 Å². The highest BCUT2D eigenvalue weighted by atomic mass is 28.3. The van der Waals surface area contributed by atoms with E-state index in [1.54, 1.807) is 0 Å². The fourth-order valence-corrected chi connectivity index (χ4v) is 1.20. The topological polar surface area (TPSA) is 119 Å². The first-order valence-electron chi connectivity index (χ1n) is 4.10. The van der Waals surface area contributed by atoms with E-state index in [1.807, 2.05) is 0 Å². The van der Waals surface area contributed by atoms with Gasteiger partial charge in [0.2, 0.25) is 0 Å². The van der Waals surface area contributed by atoms with Crippen molar-refractivity contribution in [1.82, 2.24) is 0 Å². The molecule has 0 radical (unpaired) electrons. The zero-order valence-electron chi connectivity index (χ0n) is 7.35. The number of hydrogen-bond donors (Lipinski definition) is 4. The van der Waals surface area contributed by atoms with Gasteiger partial charge in [-0.25, -0.2) is 0 Å². The van der Waals surface area contributed by atoms with Crippen molar-refractivity contribution < 1.29 is 18.8 Å². The molecule has 0 spiro atoms. The summed E-state index contributed by atoms with van der Waals surface area (Å²) < 4.78 is 4.20. The highest BCUT2D eigenvalue weighted by molar-refractivity contribution is 6.35. The quantitative estimate of drug-likeness (QED) is 0.287. The summed E-state index contributed by atoms with van der Waals surface area (Å²) in [5.41, 5.74) is 10.6. The van der Waals surface area contributed by atoms with Crippen LogP contribution in [0.25, 0.3) is 0 Å². The molecule has 0 heterocycles. The Morgan fingerprint density at radius 3 is 2.54 bits per heavy atom. The second kappa shape index (κ2) is 6.98. The van der Waals surface area contributed by atoms with Gasteiger partial charge in [-0.15, -0.1) is 0 Å². The predicted octanol–water partition coefficient (Wildman–Crippen LogP) is -2.31. The number of nitrogens with two attached hydrogens (primary N) is 2. The number of unbranched alkanes of at least 4 members (excludes halogenated alkanes) is 1. The average molecular weight is 208 g/mol. The normalized spacial score (nSPS) is 13.0. The van der Waals surface area contributed by atoms with Crippen LogP contribution in [0.1, 0.15) is 19.3 Å². The second-order valence-electron chi connectivity index (χ2n) is 2.65.